The van der Waals surface area contributed by atoms with Gasteiger partial charge in [-0.1, -0.05) is 66.2 Å². The van der Waals surface area contributed by atoms with E-state index in [1.54, 1.807) is 0 Å². The van der Waals surface area contributed by atoms with E-state index in [1.807, 2.05) is 13.8 Å². The van der Waals surface area contributed by atoms with Crippen molar-refractivity contribution in [3.63, 3.8) is 0 Å². The van der Waals surface area contributed by atoms with Gasteiger partial charge in [-0.05, 0) is 89.4 Å². The van der Waals surface area contributed by atoms with Crippen LogP contribution in [0.5, 0.6) is 0 Å². The highest BCUT2D eigenvalue weighted by atomic mass is 16.3. The van der Waals surface area contributed by atoms with E-state index in [9.17, 15) is 20.4 Å². The summed E-state index contributed by atoms with van der Waals surface area (Å²) in [6.45, 7) is 16.0. The number of hydrogen-bond acceptors (Lipinski definition) is 4. The lowest BCUT2D eigenvalue weighted by atomic mass is 9.35. The monoisotopic (exact) mass is 472 g/mol. The van der Waals surface area contributed by atoms with Crippen molar-refractivity contribution in [3.05, 3.63) is 23.3 Å². The Morgan fingerprint density at radius 2 is 1.53 bits per heavy atom. The van der Waals surface area contributed by atoms with Crippen molar-refractivity contribution in [2.45, 2.75) is 112 Å². The molecule has 4 heteroatoms. The molecule has 3 fully saturated rings. The SMILES string of the molecule is CC1(C)CC2=C3C=C[C@@H]4[C@@]5(C)CC[C@H](O)C(C)(C)[C@@H]5CC[C@@]4(C)[C@]3(C)CC[C@@]2(CO)[C@@H](O)[C@@H]1O. The van der Waals surface area contributed by atoms with Crippen LogP contribution >= 0.6 is 0 Å². The Balaban J connectivity index is 1.68. The van der Waals surface area contributed by atoms with Crippen LogP contribution in [0, 0.1) is 44.3 Å². The van der Waals surface area contributed by atoms with Gasteiger partial charge < -0.3 is 20.4 Å². The molecule has 0 saturated heterocycles. The predicted molar refractivity (Wildman–Crippen MR) is 135 cm³/mol. The maximum atomic E-state index is 11.3. The molecule has 0 aromatic carbocycles. The molecule has 0 spiro atoms. The second-order valence-corrected chi connectivity index (χ2v) is 14.8. The second-order valence-electron chi connectivity index (χ2n) is 14.8. The third kappa shape index (κ3) is 2.75. The van der Waals surface area contributed by atoms with Crippen LogP contribution in [0.15, 0.2) is 23.3 Å². The fraction of sp³-hybridized carbons (Fsp3) is 0.867. The Kier molecular flexibility index (Phi) is 5.30. The Labute approximate surface area is 206 Å². The van der Waals surface area contributed by atoms with E-state index < -0.39 is 23.0 Å². The number of rotatable bonds is 1. The number of allylic oxidation sites excluding steroid dienone is 3. The summed E-state index contributed by atoms with van der Waals surface area (Å²) in [4.78, 5) is 0. The highest BCUT2D eigenvalue weighted by molar-refractivity contribution is 5.47. The van der Waals surface area contributed by atoms with Crippen molar-refractivity contribution in [1.82, 2.24) is 0 Å². The number of fused-ring (bicyclic) bond motifs is 6. The molecule has 5 aliphatic rings. The lowest BCUT2D eigenvalue weighted by molar-refractivity contribution is -0.188. The minimum atomic E-state index is -0.943. The number of hydrogen-bond donors (Lipinski definition) is 4. The lowest BCUT2D eigenvalue weighted by Crippen LogP contribution is -2.64. The van der Waals surface area contributed by atoms with Crippen LogP contribution in [0.2, 0.25) is 0 Å². The van der Waals surface area contributed by atoms with Crippen LogP contribution in [0.4, 0.5) is 0 Å². The van der Waals surface area contributed by atoms with Crippen LogP contribution in [0.3, 0.4) is 0 Å². The molecule has 0 radical (unpaired) electrons. The molecule has 4 N–H and O–H groups in total. The molecular weight excluding hydrogens is 424 g/mol. The van der Waals surface area contributed by atoms with Crippen LogP contribution in [-0.4, -0.2) is 45.3 Å². The predicted octanol–water partition coefficient (Wildman–Crippen LogP) is 5.00. The van der Waals surface area contributed by atoms with E-state index in [4.69, 9.17) is 0 Å². The van der Waals surface area contributed by atoms with Crippen molar-refractivity contribution in [1.29, 1.82) is 0 Å². The van der Waals surface area contributed by atoms with Crippen molar-refractivity contribution in [2.75, 3.05) is 6.61 Å². The van der Waals surface area contributed by atoms with Crippen LogP contribution in [-0.2, 0) is 0 Å². The summed E-state index contributed by atoms with van der Waals surface area (Å²) in [5.74, 6) is 0.934. The maximum Gasteiger partial charge on any atom is 0.0919 e. The van der Waals surface area contributed by atoms with Gasteiger partial charge in [0.1, 0.15) is 0 Å². The zero-order valence-corrected chi connectivity index (χ0v) is 22.5. The van der Waals surface area contributed by atoms with Gasteiger partial charge in [0.25, 0.3) is 0 Å². The molecule has 0 aromatic rings. The average molecular weight is 473 g/mol. The van der Waals surface area contributed by atoms with Crippen molar-refractivity contribution in [2.24, 2.45) is 44.3 Å². The van der Waals surface area contributed by atoms with Crippen LogP contribution < -0.4 is 0 Å². The lowest BCUT2D eigenvalue weighted by Gasteiger charge is -2.69. The Bertz CT molecular complexity index is 932. The second kappa shape index (κ2) is 7.21. The first-order valence-electron chi connectivity index (χ1n) is 13.7. The highest BCUT2D eigenvalue weighted by Gasteiger charge is 2.67. The van der Waals surface area contributed by atoms with Gasteiger partial charge >= 0.3 is 0 Å². The normalized spacial score (nSPS) is 53.4. The van der Waals surface area contributed by atoms with Crippen LogP contribution in [0.25, 0.3) is 0 Å². The quantitative estimate of drug-likeness (QED) is 0.433. The van der Waals surface area contributed by atoms with Gasteiger partial charge in [-0.2, -0.15) is 0 Å². The van der Waals surface area contributed by atoms with Crippen molar-refractivity contribution >= 4 is 0 Å². The number of aliphatic hydroxyl groups is 4. The molecule has 0 aromatic heterocycles. The minimum absolute atomic E-state index is 0.0350. The zero-order chi connectivity index (χ0) is 25.1. The largest absolute Gasteiger partial charge is 0.395 e. The molecule has 9 atom stereocenters. The van der Waals surface area contributed by atoms with E-state index in [0.717, 1.165) is 32.1 Å². The molecule has 5 rings (SSSR count). The van der Waals surface area contributed by atoms with Gasteiger partial charge in [-0.25, -0.2) is 0 Å². The maximum absolute atomic E-state index is 11.3. The molecule has 5 aliphatic carbocycles. The van der Waals surface area contributed by atoms with Gasteiger partial charge in [0.15, 0.2) is 0 Å². The minimum Gasteiger partial charge on any atom is -0.395 e. The van der Waals surface area contributed by atoms with Crippen LogP contribution in [0.1, 0.15) is 93.4 Å². The molecule has 0 amide bonds. The molecule has 0 heterocycles. The molecule has 0 bridgehead atoms. The fourth-order valence-electron chi connectivity index (χ4n) is 10.1. The average Bonchev–Trinajstić information content (AvgIpc) is 2.76. The Morgan fingerprint density at radius 3 is 2.18 bits per heavy atom. The molecule has 0 unspecified atom stereocenters. The first-order chi connectivity index (χ1) is 15.6. The third-order valence-corrected chi connectivity index (χ3v) is 12.7. The van der Waals surface area contributed by atoms with Gasteiger partial charge in [0, 0.05) is 5.41 Å². The first-order valence-corrected chi connectivity index (χ1v) is 13.7. The summed E-state index contributed by atoms with van der Waals surface area (Å²) in [6.07, 6.45) is 9.37. The smallest absolute Gasteiger partial charge is 0.0919 e. The molecule has 192 valence electrons. The number of aliphatic hydroxyl groups excluding tert-OH is 4. The Morgan fingerprint density at radius 1 is 0.853 bits per heavy atom. The highest BCUT2D eigenvalue weighted by Crippen LogP contribution is 2.74. The van der Waals surface area contributed by atoms with Gasteiger partial charge in [-0.3, -0.25) is 0 Å². The fourth-order valence-corrected chi connectivity index (χ4v) is 10.1. The van der Waals surface area contributed by atoms with E-state index >= 15 is 0 Å². The van der Waals surface area contributed by atoms with E-state index in [-0.39, 0.29) is 34.4 Å². The summed E-state index contributed by atoms with van der Waals surface area (Å²) in [6, 6.07) is 0. The van der Waals surface area contributed by atoms with E-state index in [2.05, 4.69) is 46.8 Å². The zero-order valence-electron chi connectivity index (χ0n) is 22.5. The van der Waals surface area contributed by atoms with E-state index in [0.29, 0.717) is 24.7 Å². The van der Waals surface area contributed by atoms with Gasteiger partial charge in [0.2, 0.25) is 0 Å². The first kappa shape index (κ1) is 25.0. The summed E-state index contributed by atoms with van der Waals surface area (Å²) < 4.78 is 0. The third-order valence-electron chi connectivity index (χ3n) is 12.7. The molecular formula is C30H48O4. The van der Waals surface area contributed by atoms with Crippen molar-refractivity contribution in [3.8, 4) is 0 Å². The summed E-state index contributed by atoms with van der Waals surface area (Å²) >= 11 is 0. The topological polar surface area (TPSA) is 80.9 Å². The Hall–Kier alpha value is -0.680. The molecule has 3 saturated carbocycles. The standard InChI is InChI=1S/C30H48O4/c1-25(2)16-19-18-8-9-21-27(5)12-11-22(32)26(3,4)20(27)10-13-29(21,7)28(18,6)14-15-30(19,17-31)24(34)23(25)33/h8-9,20-24,31-34H,10-17H2,1-7H3/t20-,21+,22-,23-,24-,27-,28+,29+,30-/m0/s1. The van der Waals surface area contributed by atoms with Gasteiger partial charge in [-0.15, -0.1) is 0 Å². The van der Waals surface area contributed by atoms with Crippen molar-refractivity contribution < 1.29 is 20.4 Å². The van der Waals surface area contributed by atoms with Gasteiger partial charge in [0.05, 0.1) is 24.9 Å². The van der Waals surface area contributed by atoms with E-state index in [1.165, 1.54) is 11.1 Å². The molecule has 0 aliphatic heterocycles. The summed E-state index contributed by atoms with van der Waals surface area (Å²) in [7, 11) is 0. The summed E-state index contributed by atoms with van der Waals surface area (Å²) in [5.41, 5.74) is 1.46. The molecule has 34 heavy (non-hydrogen) atoms. The molecule has 4 nitrogen and oxygen atoms in total. The summed E-state index contributed by atoms with van der Waals surface area (Å²) in [5, 5.41) is 43.8.